The minimum absolute atomic E-state index is 0. The molecule has 2 aliphatic rings. The molecule has 3 amide bonds. The lowest BCUT2D eigenvalue weighted by molar-refractivity contribution is -0.129. The number of hydrogen-bond donors (Lipinski definition) is 2. The van der Waals surface area contributed by atoms with Gasteiger partial charge in [-0.05, 0) is 29.9 Å². The largest absolute Gasteiger partial charge is 0.347 e. The van der Waals surface area contributed by atoms with Gasteiger partial charge in [-0.2, -0.15) is 0 Å². The molecular formula is C12H16N2O3S. The second-order valence-electron chi connectivity index (χ2n) is 4.14. The molecule has 0 radical (unpaired) electrons. The Morgan fingerprint density at radius 1 is 1.11 bits per heavy atom. The minimum Gasteiger partial charge on any atom is -0.347 e. The van der Waals surface area contributed by atoms with Gasteiger partial charge in [0.25, 0.3) is 5.91 Å². The Labute approximate surface area is 110 Å². The zero-order valence-electron chi connectivity index (χ0n) is 9.82. The summed E-state index contributed by atoms with van der Waals surface area (Å²) in [5, 5.41) is 6.95. The first kappa shape index (κ1) is 12.8. The van der Waals surface area contributed by atoms with E-state index < -0.39 is 0 Å². The van der Waals surface area contributed by atoms with Crippen LogP contribution in [0.4, 0.5) is 0 Å². The molecule has 0 aromatic carbocycles. The molecule has 1 fully saturated rings. The van der Waals surface area contributed by atoms with Crippen LogP contribution in [-0.2, 0) is 16.1 Å². The summed E-state index contributed by atoms with van der Waals surface area (Å²) in [5.41, 5.74) is 1.14. The van der Waals surface area contributed by atoms with Crippen molar-refractivity contribution in [3.8, 4) is 0 Å². The zero-order chi connectivity index (χ0) is 13.0. The number of amides is 3. The van der Waals surface area contributed by atoms with Crippen LogP contribution in [0.5, 0.6) is 0 Å². The van der Waals surface area contributed by atoms with E-state index in [1.807, 2.05) is 11.4 Å². The first-order valence-corrected chi connectivity index (χ1v) is 6.72. The maximum atomic E-state index is 10.8. The maximum Gasteiger partial charge on any atom is 0.261 e. The zero-order valence-corrected chi connectivity index (χ0v) is 10.6. The standard InChI is InChI=1S/C6H9NO2.C6H5NOS.H2/c8-5-3-1-2-4-6(9)7-5;8-6-5-4(3-7-6)1-2-9-5;/h1-4H2,(H,7,8,9);1-2H,3H2,(H,7,8);1H. The molecular weight excluding hydrogens is 252 g/mol. The molecule has 3 rings (SSSR count). The summed E-state index contributed by atoms with van der Waals surface area (Å²) >= 11 is 1.51. The van der Waals surface area contributed by atoms with Crippen LogP contribution >= 0.6 is 11.3 Å². The van der Waals surface area contributed by atoms with Crippen LogP contribution in [0.15, 0.2) is 11.4 Å². The molecule has 1 aromatic rings. The lowest BCUT2D eigenvalue weighted by atomic mass is 10.2. The minimum atomic E-state index is -0.127. The van der Waals surface area contributed by atoms with Crippen molar-refractivity contribution in [2.75, 3.05) is 0 Å². The van der Waals surface area contributed by atoms with E-state index in [1.54, 1.807) is 0 Å². The summed E-state index contributed by atoms with van der Waals surface area (Å²) < 4.78 is 0. The van der Waals surface area contributed by atoms with Gasteiger partial charge in [0.2, 0.25) is 11.8 Å². The number of hydrogen-bond acceptors (Lipinski definition) is 4. The molecule has 5 nitrogen and oxygen atoms in total. The molecule has 3 heterocycles. The number of carbonyl (C=O) groups excluding carboxylic acids is 3. The SMILES string of the molecule is O=C1CCCCC(=O)N1.O=C1NCc2ccsc21.[HH]. The Balaban J connectivity index is 0.000000180. The summed E-state index contributed by atoms with van der Waals surface area (Å²) in [7, 11) is 0. The Morgan fingerprint density at radius 3 is 2.39 bits per heavy atom. The lowest BCUT2D eigenvalue weighted by Crippen LogP contribution is -2.27. The Bertz CT molecular complexity index is 471. The molecule has 18 heavy (non-hydrogen) atoms. The van der Waals surface area contributed by atoms with Gasteiger partial charge in [0.15, 0.2) is 0 Å². The fourth-order valence-electron chi connectivity index (χ4n) is 1.78. The quantitative estimate of drug-likeness (QED) is 0.699. The maximum absolute atomic E-state index is 10.8. The molecule has 6 heteroatoms. The molecule has 1 saturated heterocycles. The third-order valence-corrected chi connectivity index (χ3v) is 3.68. The van der Waals surface area contributed by atoms with Crippen molar-refractivity contribution < 1.29 is 15.8 Å². The summed E-state index contributed by atoms with van der Waals surface area (Å²) in [6.45, 7) is 0.720. The highest BCUT2D eigenvalue weighted by Gasteiger charge is 2.18. The fraction of sp³-hybridized carbons (Fsp3) is 0.417. The Kier molecular flexibility index (Phi) is 4.09. The first-order chi connectivity index (χ1) is 8.66. The summed E-state index contributed by atoms with van der Waals surface area (Å²) in [6.07, 6.45) is 2.70. The van der Waals surface area contributed by atoms with Crippen molar-refractivity contribution in [1.82, 2.24) is 10.6 Å². The smallest absolute Gasteiger partial charge is 0.261 e. The van der Waals surface area contributed by atoms with Crippen molar-refractivity contribution in [1.29, 1.82) is 0 Å². The Morgan fingerprint density at radius 2 is 1.78 bits per heavy atom. The van der Waals surface area contributed by atoms with Crippen molar-refractivity contribution >= 4 is 29.1 Å². The summed E-state index contributed by atoms with van der Waals surface area (Å²) in [4.78, 5) is 32.8. The monoisotopic (exact) mass is 268 g/mol. The van der Waals surface area contributed by atoms with Gasteiger partial charge in [0.05, 0.1) is 4.88 Å². The molecule has 2 N–H and O–H groups in total. The predicted octanol–water partition coefficient (Wildman–Crippen LogP) is 1.44. The van der Waals surface area contributed by atoms with E-state index >= 15 is 0 Å². The van der Waals surface area contributed by atoms with Crippen molar-refractivity contribution in [2.45, 2.75) is 32.2 Å². The highest BCUT2D eigenvalue weighted by atomic mass is 32.1. The number of imide groups is 1. The van der Waals surface area contributed by atoms with Gasteiger partial charge >= 0.3 is 0 Å². The van der Waals surface area contributed by atoms with Gasteiger partial charge in [0, 0.05) is 20.8 Å². The molecule has 0 bridgehead atoms. The Hall–Kier alpha value is -1.69. The van der Waals surface area contributed by atoms with Gasteiger partial charge in [-0.3, -0.25) is 19.7 Å². The molecule has 98 valence electrons. The predicted molar refractivity (Wildman–Crippen MR) is 69.2 cm³/mol. The van der Waals surface area contributed by atoms with Crippen LogP contribution in [0.2, 0.25) is 0 Å². The van der Waals surface area contributed by atoms with Crippen molar-refractivity contribution in [2.24, 2.45) is 0 Å². The van der Waals surface area contributed by atoms with Crippen LogP contribution in [0.1, 0.15) is 42.3 Å². The van der Waals surface area contributed by atoms with Gasteiger partial charge < -0.3 is 5.32 Å². The lowest BCUT2D eigenvalue weighted by Gasteiger charge is -1.93. The molecule has 0 atom stereocenters. The topological polar surface area (TPSA) is 75.3 Å². The van der Waals surface area contributed by atoms with E-state index in [4.69, 9.17) is 0 Å². The number of rotatable bonds is 0. The molecule has 0 spiro atoms. The fourth-order valence-corrected chi connectivity index (χ4v) is 2.62. The van der Waals surface area contributed by atoms with Crippen LogP contribution in [0.25, 0.3) is 0 Å². The van der Waals surface area contributed by atoms with Crippen LogP contribution in [0.3, 0.4) is 0 Å². The molecule has 0 unspecified atom stereocenters. The number of thiophene rings is 1. The third kappa shape index (κ3) is 3.16. The molecule has 0 aliphatic carbocycles. The van der Waals surface area contributed by atoms with E-state index in [0.29, 0.717) is 12.8 Å². The first-order valence-electron chi connectivity index (χ1n) is 5.84. The van der Waals surface area contributed by atoms with Gasteiger partial charge in [0.1, 0.15) is 0 Å². The second kappa shape index (κ2) is 5.77. The average Bonchev–Trinajstić information content (AvgIpc) is 2.86. The van der Waals surface area contributed by atoms with E-state index in [2.05, 4.69) is 10.6 Å². The third-order valence-electron chi connectivity index (χ3n) is 2.73. The highest BCUT2D eigenvalue weighted by Crippen LogP contribution is 2.20. The number of carbonyl (C=O) groups is 3. The second-order valence-corrected chi connectivity index (χ2v) is 5.05. The van der Waals surface area contributed by atoms with Crippen LogP contribution < -0.4 is 10.6 Å². The summed E-state index contributed by atoms with van der Waals surface area (Å²) in [6, 6.07) is 1.98. The normalized spacial score (nSPS) is 18.1. The van der Waals surface area contributed by atoms with E-state index in [1.165, 1.54) is 11.3 Å². The van der Waals surface area contributed by atoms with Crippen LogP contribution in [0, 0.1) is 0 Å². The van der Waals surface area contributed by atoms with Crippen LogP contribution in [-0.4, -0.2) is 17.7 Å². The van der Waals surface area contributed by atoms with E-state index in [9.17, 15) is 14.4 Å². The number of fused-ring (bicyclic) bond motifs is 1. The van der Waals surface area contributed by atoms with Gasteiger partial charge in [-0.15, -0.1) is 11.3 Å². The van der Waals surface area contributed by atoms with E-state index in [0.717, 1.165) is 29.8 Å². The highest BCUT2D eigenvalue weighted by molar-refractivity contribution is 7.12. The summed E-state index contributed by atoms with van der Waals surface area (Å²) in [5.74, 6) is -0.171. The number of nitrogens with one attached hydrogen (secondary N) is 2. The van der Waals surface area contributed by atoms with Gasteiger partial charge in [-0.1, -0.05) is 0 Å². The van der Waals surface area contributed by atoms with Crippen molar-refractivity contribution in [3.05, 3.63) is 21.9 Å². The molecule has 2 aliphatic heterocycles. The van der Waals surface area contributed by atoms with E-state index in [-0.39, 0.29) is 19.1 Å². The average molecular weight is 268 g/mol. The van der Waals surface area contributed by atoms with Gasteiger partial charge in [-0.25, -0.2) is 0 Å². The molecule has 1 aromatic heterocycles. The van der Waals surface area contributed by atoms with Crippen molar-refractivity contribution in [3.63, 3.8) is 0 Å². The molecule has 0 saturated carbocycles.